The summed E-state index contributed by atoms with van der Waals surface area (Å²) in [6.07, 6.45) is 0. The van der Waals surface area contributed by atoms with Gasteiger partial charge in [-0.3, -0.25) is 15.2 Å². The number of benzene rings is 2. The zero-order valence-electron chi connectivity index (χ0n) is 13.9. The van der Waals surface area contributed by atoms with Crippen LogP contribution in [0.15, 0.2) is 53.7 Å². The lowest BCUT2D eigenvalue weighted by Gasteiger charge is -2.05. The van der Waals surface area contributed by atoms with Crippen molar-refractivity contribution >= 4 is 17.4 Å². The van der Waals surface area contributed by atoms with Crippen molar-refractivity contribution in [1.82, 2.24) is 15.2 Å². The number of nitrogens with zero attached hydrogens (tertiary/aromatic N) is 3. The van der Waals surface area contributed by atoms with E-state index in [-0.39, 0.29) is 11.4 Å². The van der Waals surface area contributed by atoms with Gasteiger partial charge in [0.25, 0.3) is 0 Å². The first kappa shape index (κ1) is 17.7. The van der Waals surface area contributed by atoms with Crippen LogP contribution in [0.1, 0.15) is 0 Å². The molecule has 1 heterocycles. The van der Waals surface area contributed by atoms with Crippen molar-refractivity contribution < 1.29 is 14.4 Å². The molecule has 0 saturated carbocycles. The van der Waals surface area contributed by atoms with E-state index in [1.807, 2.05) is 24.3 Å². The topological polar surface area (TPSA) is 103 Å². The highest BCUT2D eigenvalue weighted by Crippen LogP contribution is 2.26. The van der Waals surface area contributed by atoms with Gasteiger partial charge in [-0.1, -0.05) is 23.9 Å². The van der Waals surface area contributed by atoms with Crippen LogP contribution in [0, 0.1) is 10.1 Å². The summed E-state index contributed by atoms with van der Waals surface area (Å²) in [5.74, 6) is 2.25. The third-order valence-corrected chi connectivity index (χ3v) is 4.27. The summed E-state index contributed by atoms with van der Waals surface area (Å²) in [6, 6.07) is 13.8. The Balaban J connectivity index is 1.53. The lowest BCUT2D eigenvalue weighted by molar-refractivity contribution is -0.385. The number of methoxy groups -OCH3 is 1. The van der Waals surface area contributed by atoms with Crippen molar-refractivity contribution in [3.63, 3.8) is 0 Å². The Morgan fingerprint density at radius 3 is 2.69 bits per heavy atom. The van der Waals surface area contributed by atoms with E-state index < -0.39 is 4.92 Å². The zero-order valence-corrected chi connectivity index (χ0v) is 14.7. The molecule has 3 rings (SSSR count). The molecular weight excluding hydrogens is 356 g/mol. The van der Waals surface area contributed by atoms with Crippen LogP contribution in [-0.2, 0) is 0 Å². The molecule has 1 N–H and O–H groups in total. The minimum atomic E-state index is -0.459. The summed E-state index contributed by atoms with van der Waals surface area (Å²) >= 11 is 1.40. The van der Waals surface area contributed by atoms with Gasteiger partial charge in [-0.25, -0.2) is 4.98 Å². The Morgan fingerprint density at radius 1 is 1.19 bits per heavy atom. The molecule has 0 bridgehead atoms. The molecule has 9 heteroatoms. The Bertz CT molecular complexity index is 882. The lowest BCUT2D eigenvalue weighted by atomic mass is 10.2. The summed E-state index contributed by atoms with van der Waals surface area (Å²) in [6.45, 7) is 0.307. The average molecular weight is 372 g/mol. The van der Waals surface area contributed by atoms with E-state index in [1.54, 1.807) is 25.3 Å². The fourth-order valence-electron chi connectivity index (χ4n) is 2.20. The van der Waals surface area contributed by atoms with Crippen LogP contribution in [0.3, 0.4) is 0 Å². The third-order valence-electron chi connectivity index (χ3n) is 3.46. The van der Waals surface area contributed by atoms with Gasteiger partial charge in [0.15, 0.2) is 11.6 Å². The number of H-pyrrole nitrogens is 1. The zero-order chi connectivity index (χ0) is 18.4. The van der Waals surface area contributed by atoms with Crippen molar-refractivity contribution in [2.45, 2.75) is 5.16 Å². The number of ether oxygens (including phenoxy) is 2. The Morgan fingerprint density at radius 2 is 1.96 bits per heavy atom. The average Bonchev–Trinajstić information content (AvgIpc) is 3.14. The number of aromatic amines is 1. The molecule has 2 aromatic carbocycles. The first-order valence-electron chi connectivity index (χ1n) is 7.73. The number of nitro benzene ring substituents is 1. The Hall–Kier alpha value is -3.07. The van der Waals surface area contributed by atoms with Crippen LogP contribution in [-0.4, -0.2) is 39.6 Å². The second-order valence-electron chi connectivity index (χ2n) is 5.12. The monoisotopic (exact) mass is 372 g/mol. The first-order chi connectivity index (χ1) is 12.7. The molecule has 0 radical (unpaired) electrons. The maximum atomic E-state index is 10.9. The largest absolute Gasteiger partial charge is 0.497 e. The lowest BCUT2D eigenvalue weighted by Crippen LogP contribution is -2.02. The minimum Gasteiger partial charge on any atom is -0.497 e. The molecule has 8 nitrogen and oxygen atoms in total. The smallest absolute Gasteiger partial charge is 0.310 e. The molecule has 0 spiro atoms. The third kappa shape index (κ3) is 4.31. The van der Waals surface area contributed by atoms with Gasteiger partial charge in [-0.15, -0.1) is 5.10 Å². The van der Waals surface area contributed by atoms with Crippen LogP contribution >= 0.6 is 11.8 Å². The molecule has 134 valence electrons. The van der Waals surface area contributed by atoms with Crippen LogP contribution in [0.2, 0.25) is 0 Å². The molecule has 0 aliphatic carbocycles. The second kappa shape index (κ2) is 8.34. The van der Waals surface area contributed by atoms with Crippen molar-refractivity contribution in [2.24, 2.45) is 0 Å². The van der Waals surface area contributed by atoms with Gasteiger partial charge >= 0.3 is 5.69 Å². The van der Waals surface area contributed by atoms with Crippen LogP contribution in [0.5, 0.6) is 11.5 Å². The highest BCUT2D eigenvalue weighted by Gasteiger charge is 2.13. The molecule has 0 unspecified atom stereocenters. The van der Waals surface area contributed by atoms with E-state index in [1.165, 1.54) is 17.8 Å². The van der Waals surface area contributed by atoms with Crippen molar-refractivity contribution in [3.8, 4) is 22.9 Å². The van der Waals surface area contributed by atoms with Crippen molar-refractivity contribution in [2.75, 3.05) is 19.5 Å². The molecular formula is C17H16N4O4S. The van der Waals surface area contributed by atoms with Gasteiger partial charge in [0.2, 0.25) is 5.16 Å². The molecule has 26 heavy (non-hydrogen) atoms. The summed E-state index contributed by atoms with van der Waals surface area (Å²) in [5.41, 5.74) is 0.860. The van der Waals surface area contributed by atoms with E-state index in [4.69, 9.17) is 9.47 Å². The van der Waals surface area contributed by atoms with Gasteiger partial charge in [0, 0.05) is 17.4 Å². The molecule has 0 atom stereocenters. The van der Waals surface area contributed by atoms with Crippen molar-refractivity contribution in [1.29, 1.82) is 0 Å². The predicted molar refractivity (Wildman–Crippen MR) is 97.7 cm³/mol. The summed E-state index contributed by atoms with van der Waals surface area (Å²) in [5, 5.41) is 18.6. The highest BCUT2D eigenvalue weighted by atomic mass is 32.2. The van der Waals surface area contributed by atoms with E-state index >= 15 is 0 Å². The Labute approximate surface area is 153 Å². The van der Waals surface area contributed by atoms with E-state index in [0.29, 0.717) is 23.3 Å². The summed E-state index contributed by atoms with van der Waals surface area (Å²) in [7, 11) is 1.62. The summed E-state index contributed by atoms with van der Waals surface area (Å²) < 4.78 is 10.6. The molecule has 3 aromatic rings. The number of nitro groups is 1. The number of thioether (sulfide) groups is 1. The van der Waals surface area contributed by atoms with Crippen LogP contribution in [0.25, 0.3) is 11.4 Å². The van der Waals surface area contributed by atoms with Crippen LogP contribution < -0.4 is 9.47 Å². The quantitative estimate of drug-likeness (QED) is 0.279. The van der Waals surface area contributed by atoms with Gasteiger partial charge in [0.1, 0.15) is 5.75 Å². The van der Waals surface area contributed by atoms with E-state index in [2.05, 4.69) is 15.2 Å². The standard InChI is InChI=1S/C17H16N4O4S/c1-24-13-8-6-12(7-9-13)16-18-17(20-19-16)26-11-10-25-15-5-3-2-4-14(15)21(22)23/h2-9H,10-11H2,1H3,(H,18,19,20). The number of hydrogen-bond acceptors (Lipinski definition) is 7. The normalized spacial score (nSPS) is 10.5. The number of hydrogen-bond donors (Lipinski definition) is 1. The molecule has 0 amide bonds. The second-order valence-corrected chi connectivity index (χ2v) is 6.18. The molecule has 0 fully saturated rings. The van der Waals surface area contributed by atoms with Gasteiger partial charge < -0.3 is 9.47 Å². The fourth-order valence-corrected chi connectivity index (χ4v) is 2.82. The highest BCUT2D eigenvalue weighted by molar-refractivity contribution is 7.99. The molecule has 0 aliphatic rings. The van der Waals surface area contributed by atoms with Gasteiger partial charge in [0.05, 0.1) is 18.6 Å². The maximum Gasteiger partial charge on any atom is 0.310 e. The first-order valence-corrected chi connectivity index (χ1v) is 8.72. The fraction of sp³-hybridized carbons (Fsp3) is 0.176. The van der Waals surface area contributed by atoms with Gasteiger partial charge in [-0.05, 0) is 30.3 Å². The molecule has 0 aliphatic heterocycles. The summed E-state index contributed by atoms with van der Waals surface area (Å²) in [4.78, 5) is 14.9. The molecule has 1 aromatic heterocycles. The number of rotatable bonds is 8. The SMILES string of the molecule is COc1ccc(-c2nc(SCCOc3ccccc3[N+](=O)[O-])n[nH]2)cc1. The number of para-hydroxylation sites is 2. The minimum absolute atomic E-state index is 0.0443. The van der Waals surface area contributed by atoms with Crippen molar-refractivity contribution in [3.05, 3.63) is 58.6 Å². The number of aromatic nitrogens is 3. The van der Waals surface area contributed by atoms with E-state index in [9.17, 15) is 10.1 Å². The van der Waals surface area contributed by atoms with Gasteiger partial charge in [-0.2, -0.15) is 0 Å². The maximum absolute atomic E-state index is 10.9. The van der Waals surface area contributed by atoms with E-state index in [0.717, 1.165) is 11.3 Å². The number of nitrogens with one attached hydrogen (secondary N) is 1. The van der Waals surface area contributed by atoms with Crippen LogP contribution in [0.4, 0.5) is 5.69 Å². The molecule has 0 saturated heterocycles. The Kier molecular flexibility index (Phi) is 5.69. The predicted octanol–water partition coefficient (Wildman–Crippen LogP) is 3.56.